The number of nitriles is 1. The van der Waals surface area contributed by atoms with Crippen molar-refractivity contribution in [2.45, 2.75) is 32.0 Å². The first-order valence-corrected chi connectivity index (χ1v) is 10.9. The van der Waals surface area contributed by atoms with Gasteiger partial charge in [0.25, 0.3) is 5.56 Å². The van der Waals surface area contributed by atoms with E-state index in [-0.39, 0.29) is 25.5 Å². The van der Waals surface area contributed by atoms with Gasteiger partial charge in [-0.15, -0.1) is 0 Å². The fourth-order valence-corrected chi connectivity index (χ4v) is 3.38. The summed E-state index contributed by atoms with van der Waals surface area (Å²) in [5, 5.41) is 13.9. The van der Waals surface area contributed by atoms with Crippen LogP contribution in [-0.4, -0.2) is 76.5 Å². The first-order valence-electron chi connectivity index (χ1n) is 10.9. The van der Waals surface area contributed by atoms with Crippen LogP contribution in [0.25, 0.3) is 0 Å². The molecule has 0 radical (unpaired) electrons. The molecule has 2 aromatic heterocycles. The number of piperazine rings is 1. The maximum Gasteiger partial charge on any atom is 0.425 e. The lowest BCUT2D eigenvalue weighted by molar-refractivity contribution is -0.141. The number of H-pyrrole nitrogens is 1. The van der Waals surface area contributed by atoms with E-state index in [1.807, 2.05) is 11.0 Å². The van der Waals surface area contributed by atoms with Gasteiger partial charge in [0.2, 0.25) is 11.9 Å². The van der Waals surface area contributed by atoms with E-state index >= 15 is 0 Å². The van der Waals surface area contributed by atoms with Crippen LogP contribution in [0.5, 0.6) is 5.75 Å². The van der Waals surface area contributed by atoms with Crippen molar-refractivity contribution in [2.75, 3.05) is 44.3 Å². The van der Waals surface area contributed by atoms with Gasteiger partial charge in [-0.05, 0) is 6.42 Å². The van der Waals surface area contributed by atoms with Crippen molar-refractivity contribution in [3.05, 3.63) is 40.1 Å². The zero-order chi connectivity index (χ0) is 25.4. The number of hydrogen-bond donors (Lipinski definition) is 1. The van der Waals surface area contributed by atoms with Crippen LogP contribution in [0.15, 0.2) is 23.4 Å². The summed E-state index contributed by atoms with van der Waals surface area (Å²) in [6.07, 6.45) is -1.54. The first-order chi connectivity index (χ1) is 16.7. The minimum Gasteiger partial charge on any atom is -0.485 e. The summed E-state index contributed by atoms with van der Waals surface area (Å²) >= 11 is 0. The highest BCUT2D eigenvalue weighted by Gasteiger charge is 2.38. The van der Waals surface area contributed by atoms with Crippen LogP contribution in [-0.2, 0) is 15.7 Å². The molecular formula is C21H24F3N7O4. The Balaban J connectivity index is 1.42. The van der Waals surface area contributed by atoms with E-state index in [4.69, 9.17) is 14.7 Å². The Morgan fingerprint density at radius 3 is 2.51 bits per heavy atom. The molecule has 1 aliphatic heterocycles. The minimum absolute atomic E-state index is 0.0579. The van der Waals surface area contributed by atoms with Crippen LogP contribution >= 0.6 is 0 Å². The highest BCUT2D eigenvalue weighted by molar-refractivity contribution is 5.76. The molecule has 0 bridgehead atoms. The van der Waals surface area contributed by atoms with Gasteiger partial charge < -0.3 is 19.3 Å². The molecule has 1 atom stereocenters. The van der Waals surface area contributed by atoms with Crippen molar-refractivity contribution in [2.24, 2.45) is 0 Å². The number of anilines is 1. The zero-order valence-corrected chi connectivity index (χ0v) is 18.9. The van der Waals surface area contributed by atoms with E-state index in [0.29, 0.717) is 44.1 Å². The monoisotopic (exact) mass is 495 g/mol. The Kier molecular flexibility index (Phi) is 8.58. The average Bonchev–Trinajstić information content (AvgIpc) is 2.85. The average molecular weight is 495 g/mol. The van der Waals surface area contributed by atoms with E-state index < -0.39 is 29.2 Å². The predicted molar refractivity (Wildman–Crippen MR) is 116 cm³/mol. The van der Waals surface area contributed by atoms with Crippen molar-refractivity contribution >= 4 is 11.9 Å². The van der Waals surface area contributed by atoms with Gasteiger partial charge in [0, 0.05) is 26.2 Å². The quantitative estimate of drug-likeness (QED) is 0.511. The van der Waals surface area contributed by atoms with Crippen molar-refractivity contribution in [3.63, 3.8) is 0 Å². The van der Waals surface area contributed by atoms with Gasteiger partial charge in [0.05, 0.1) is 43.8 Å². The Labute approximate surface area is 198 Å². The van der Waals surface area contributed by atoms with E-state index in [0.717, 1.165) is 6.20 Å². The molecule has 3 heterocycles. The molecule has 0 aliphatic carbocycles. The molecule has 1 amide bonds. The molecule has 35 heavy (non-hydrogen) atoms. The third kappa shape index (κ3) is 6.89. The van der Waals surface area contributed by atoms with Crippen molar-refractivity contribution in [1.29, 1.82) is 5.26 Å². The number of hydrogen-bond acceptors (Lipinski definition) is 9. The number of halogens is 3. The summed E-state index contributed by atoms with van der Waals surface area (Å²) in [5.74, 6) is -0.288. The van der Waals surface area contributed by atoms with Crippen molar-refractivity contribution in [3.8, 4) is 11.8 Å². The van der Waals surface area contributed by atoms with E-state index in [2.05, 4.69) is 15.1 Å². The molecule has 1 saturated heterocycles. The minimum atomic E-state index is -4.90. The summed E-state index contributed by atoms with van der Waals surface area (Å²) in [4.78, 5) is 36.0. The Morgan fingerprint density at radius 2 is 1.91 bits per heavy atom. The second-order valence-electron chi connectivity index (χ2n) is 7.66. The smallest absolute Gasteiger partial charge is 0.425 e. The number of alkyl halides is 3. The molecule has 14 heteroatoms. The molecular weight excluding hydrogens is 471 g/mol. The number of nitrogens with one attached hydrogen (secondary N) is 1. The normalized spacial score (nSPS) is 14.9. The lowest BCUT2D eigenvalue weighted by atomic mass is 10.2. The second kappa shape index (κ2) is 11.6. The first kappa shape index (κ1) is 25.9. The number of aromatic nitrogens is 4. The zero-order valence-electron chi connectivity index (χ0n) is 18.9. The summed E-state index contributed by atoms with van der Waals surface area (Å²) in [7, 11) is 0. The summed E-state index contributed by atoms with van der Waals surface area (Å²) in [5.41, 5.74) is -2.47. The molecule has 1 unspecified atom stereocenters. The van der Waals surface area contributed by atoms with Gasteiger partial charge in [-0.1, -0.05) is 6.92 Å². The molecule has 1 aliphatic rings. The largest absolute Gasteiger partial charge is 0.485 e. The maximum absolute atomic E-state index is 13.2. The molecule has 1 fully saturated rings. The van der Waals surface area contributed by atoms with Crippen LogP contribution in [0.1, 0.15) is 30.9 Å². The highest BCUT2D eigenvalue weighted by atomic mass is 19.4. The molecule has 0 spiro atoms. The number of amides is 1. The third-order valence-electron chi connectivity index (χ3n) is 5.30. The van der Waals surface area contributed by atoms with E-state index in [1.165, 1.54) is 12.4 Å². The Hall–Kier alpha value is -3.73. The molecule has 2 aromatic rings. The van der Waals surface area contributed by atoms with E-state index in [9.17, 15) is 22.8 Å². The van der Waals surface area contributed by atoms with Crippen LogP contribution in [0.4, 0.5) is 19.1 Å². The Bertz CT molecular complexity index is 1090. The number of carbonyl (C=O) groups is 1. The number of ether oxygens (including phenoxy) is 2. The summed E-state index contributed by atoms with van der Waals surface area (Å²) in [6.45, 7) is 3.72. The SMILES string of the molecule is CCC(COCCC(=O)N1CCN(c2ncc(C#N)cn2)CC1)Oc1cn[nH]c(=O)c1C(F)(F)F. The fraction of sp³-hybridized carbons (Fsp3) is 0.524. The van der Waals surface area contributed by atoms with Crippen LogP contribution in [0, 0.1) is 11.3 Å². The van der Waals surface area contributed by atoms with Gasteiger partial charge in [0.1, 0.15) is 12.2 Å². The van der Waals surface area contributed by atoms with Crippen molar-refractivity contribution in [1.82, 2.24) is 25.1 Å². The molecule has 11 nitrogen and oxygen atoms in total. The Morgan fingerprint density at radius 1 is 1.23 bits per heavy atom. The maximum atomic E-state index is 13.2. The number of rotatable bonds is 9. The van der Waals surface area contributed by atoms with Crippen LogP contribution < -0.4 is 15.2 Å². The molecule has 1 N–H and O–H groups in total. The van der Waals surface area contributed by atoms with Crippen molar-refractivity contribution < 1.29 is 27.4 Å². The van der Waals surface area contributed by atoms with Gasteiger partial charge in [-0.3, -0.25) is 9.59 Å². The topological polar surface area (TPSA) is 137 Å². The van der Waals surface area contributed by atoms with E-state index in [1.54, 1.807) is 16.9 Å². The third-order valence-corrected chi connectivity index (χ3v) is 5.30. The molecule has 0 aromatic carbocycles. The van der Waals surface area contributed by atoms with Gasteiger partial charge in [-0.25, -0.2) is 15.1 Å². The van der Waals surface area contributed by atoms with Gasteiger partial charge in [-0.2, -0.15) is 23.5 Å². The lowest BCUT2D eigenvalue weighted by Gasteiger charge is -2.34. The summed E-state index contributed by atoms with van der Waals surface area (Å²) < 4.78 is 50.3. The highest BCUT2D eigenvalue weighted by Crippen LogP contribution is 2.33. The summed E-state index contributed by atoms with van der Waals surface area (Å²) in [6, 6.07) is 1.96. The van der Waals surface area contributed by atoms with Crippen LogP contribution in [0.2, 0.25) is 0 Å². The predicted octanol–water partition coefficient (Wildman–Crippen LogP) is 1.36. The lowest BCUT2D eigenvalue weighted by Crippen LogP contribution is -2.49. The number of nitrogens with zero attached hydrogens (tertiary/aromatic N) is 6. The fourth-order valence-electron chi connectivity index (χ4n) is 3.38. The number of carbonyl (C=O) groups excluding carboxylic acids is 1. The van der Waals surface area contributed by atoms with Crippen LogP contribution in [0.3, 0.4) is 0 Å². The number of aromatic amines is 1. The second-order valence-corrected chi connectivity index (χ2v) is 7.66. The van der Waals surface area contributed by atoms with Gasteiger partial charge >= 0.3 is 6.18 Å². The van der Waals surface area contributed by atoms with Gasteiger partial charge in [0.15, 0.2) is 11.3 Å². The molecule has 0 saturated carbocycles. The standard InChI is InChI=1S/C21H24F3N7O4/c1-2-15(35-16-12-28-29-19(33)18(16)21(22,23)24)13-34-8-3-17(32)30-4-6-31(7-5-30)20-26-10-14(9-25)11-27-20/h10-12,15H,2-8,13H2,1H3,(H,29,33). The molecule has 188 valence electrons. The molecule has 3 rings (SSSR count).